The molecule has 0 spiro atoms. The van der Waals surface area contributed by atoms with Gasteiger partial charge >= 0.3 is 0 Å². The van der Waals surface area contributed by atoms with Crippen LogP contribution in [0.2, 0.25) is 0 Å². The van der Waals surface area contributed by atoms with Gasteiger partial charge in [-0.2, -0.15) is 0 Å². The van der Waals surface area contributed by atoms with Gasteiger partial charge in [-0.25, -0.2) is 0 Å². The molecule has 1 N–H and O–H groups in total. The zero-order valence-corrected chi connectivity index (χ0v) is 18.6. The SMILES string of the molecule is CC(=O)N1C[C@H]2C[C@@H](C1)[C@H](C(=O)N1CCCN3CCC[C@H]3C1)n1c2cccc1=O.O=CO. The summed E-state index contributed by atoms with van der Waals surface area (Å²) >= 11 is 0. The zero-order chi connectivity index (χ0) is 22.8. The Balaban J connectivity index is 0.000000775. The molecule has 0 aromatic carbocycles. The molecule has 0 saturated carbocycles. The molecule has 2 bridgehead atoms. The molecule has 1 aromatic heterocycles. The molecule has 5 heterocycles. The standard InChI is InChI=1S/C22H30N4O3.CH2O2/c1-15(27)25-12-16-11-17(13-25)21(26-19(16)6-2-7-20(26)28)22(29)24-10-4-9-23-8-3-5-18(23)14-24;2-1-3/h2,6-7,16-18,21H,3-5,8-14H2,1H3;1H,(H,2,3)/t16-,17+,18+,21-;/m1./s1. The van der Waals surface area contributed by atoms with Gasteiger partial charge in [0.05, 0.1) is 0 Å². The molecule has 9 heteroatoms. The molecule has 0 radical (unpaired) electrons. The van der Waals surface area contributed by atoms with Gasteiger partial charge in [0.2, 0.25) is 11.8 Å². The summed E-state index contributed by atoms with van der Waals surface area (Å²) in [5.41, 5.74) is 0.819. The highest BCUT2D eigenvalue weighted by atomic mass is 16.3. The van der Waals surface area contributed by atoms with Crippen LogP contribution >= 0.6 is 0 Å². The average Bonchev–Trinajstić information content (AvgIpc) is 3.11. The average molecular weight is 445 g/mol. The second-order valence-electron chi connectivity index (χ2n) is 9.30. The maximum absolute atomic E-state index is 13.8. The second-order valence-corrected chi connectivity index (χ2v) is 9.30. The number of rotatable bonds is 1. The van der Waals surface area contributed by atoms with E-state index in [9.17, 15) is 14.4 Å². The van der Waals surface area contributed by atoms with Crippen molar-refractivity contribution < 1.29 is 19.5 Å². The van der Waals surface area contributed by atoms with Crippen molar-refractivity contribution in [1.29, 1.82) is 0 Å². The summed E-state index contributed by atoms with van der Waals surface area (Å²) < 4.78 is 1.76. The lowest BCUT2D eigenvalue weighted by Crippen LogP contribution is -2.55. The molecule has 3 saturated heterocycles. The Kier molecular flexibility index (Phi) is 6.64. The number of pyridine rings is 1. The number of piperidine rings is 1. The maximum Gasteiger partial charge on any atom is 0.290 e. The third kappa shape index (κ3) is 4.18. The van der Waals surface area contributed by atoms with Crippen LogP contribution in [0.3, 0.4) is 0 Å². The van der Waals surface area contributed by atoms with Gasteiger partial charge in [-0.15, -0.1) is 0 Å². The van der Waals surface area contributed by atoms with E-state index in [1.54, 1.807) is 23.6 Å². The minimum absolute atomic E-state index is 0.000634. The van der Waals surface area contributed by atoms with Crippen LogP contribution in [-0.2, 0) is 14.4 Å². The third-order valence-electron chi connectivity index (χ3n) is 7.46. The molecule has 9 nitrogen and oxygen atoms in total. The minimum Gasteiger partial charge on any atom is -0.483 e. The Hall–Kier alpha value is -2.68. The Bertz CT molecular complexity index is 931. The fraction of sp³-hybridized carbons (Fsp3) is 0.652. The van der Waals surface area contributed by atoms with Gasteiger partial charge in [0.25, 0.3) is 12.0 Å². The van der Waals surface area contributed by atoms with Gasteiger partial charge in [0.1, 0.15) is 6.04 Å². The lowest BCUT2D eigenvalue weighted by atomic mass is 9.78. The summed E-state index contributed by atoms with van der Waals surface area (Å²) in [4.78, 5) is 53.6. The van der Waals surface area contributed by atoms with E-state index in [-0.39, 0.29) is 35.7 Å². The van der Waals surface area contributed by atoms with E-state index in [1.807, 2.05) is 15.9 Å². The molecule has 32 heavy (non-hydrogen) atoms. The van der Waals surface area contributed by atoms with Crippen LogP contribution in [-0.4, -0.2) is 88.0 Å². The summed E-state index contributed by atoms with van der Waals surface area (Å²) in [7, 11) is 0. The third-order valence-corrected chi connectivity index (χ3v) is 7.46. The molecule has 2 amide bonds. The van der Waals surface area contributed by atoms with E-state index in [2.05, 4.69) is 4.90 Å². The van der Waals surface area contributed by atoms with Crippen LogP contribution in [0.15, 0.2) is 23.0 Å². The van der Waals surface area contributed by atoms with E-state index in [0.717, 1.165) is 51.1 Å². The van der Waals surface area contributed by atoms with Crippen molar-refractivity contribution in [2.45, 2.75) is 50.6 Å². The van der Waals surface area contributed by atoms with Gasteiger partial charge in [0, 0.05) is 69.3 Å². The number of aromatic nitrogens is 1. The number of carbonyl (C=O) groups is 3. The normalized spacial score (nSPS) is 29.2. The van der Waals surface area contributed by atoms with E-state index < -0.39 is 6.04 Å². The van der Waals surface area contributed by atoms with Crippen LogP contribution < -0.4 is 5.56 Å². The molecule has 0 unspecified atom stereocenters. The first-order valence-corrected chi connectivity index (χ1v) is 11.5. The minimum atomic E-state index is -0.495. The first kappa shape index (κ1) is 22.5. The molecular formula is C23H32N4O5. The lowest BCUT2D eigenvalue weighted by Gasteiger charge is -2.47. The molecule has 3 fully saturated rings. The largest absolute Gasteiger partial charge is 0.483 e. The van der Waals surface area contributed by atoms with Crippen molar-refractivity contribution in [2.24, 2.45) is 5.92 Å². The zero-order valence-electron chi connectivity index (χ0n) is 18.6. The summed E-state index contributed by atoms with van der Waals surface area (Å²) in [5.74, 6) is 0.252. The Morgan fingerprint density at radius 2 is 1.81 bits per heavy atom. The van der Waals surface area contributed by atoms with Crippen molar-refractivity contribution >= 4 is 18.3 Å². The Morgan fingerprint density at radius 3 is 2.56 bits per heavy atom. The molecule has 0 aliphatic carbocycles. The number of likely N-dealkylation sites (tertiary alicyclic amines) is 1. The second kappa shape index (κ2) is 9.44. The smallest absolute Gasteiger partial charge is 0.290 e. The van der Waals surface area contributed by atoms with Crippen LogP contribution in [0.1, 0.15) is 50.3 Å². The van der Waals surface area contributed by atoms with Crippen molar-refractivity contribution in [1.82, 2.24) is 19.3 Å². The monoisotopic (exact) mass is 444 g/mol. The quantitative estimate of drug-likeness (QED) is 0.642. The maximum atomic E-state index is 13.8. The van der Waals surface area contributed by atoms with Crippen LogP contribution in [0, 0.1) is 5.92 Å². The number of hydrogen-bond donors (Lipinski definition) is 1. The number of nitrogens with zero attached hydrogens (tertiary/aromatic N) is 4. The van der Waals surface area contributed by atoms with Gasteiger partial charge in [-0.1, -0.05) is 6.07 Å². The first-order chi connectivity index (χ1) is 15.4. The molecule has 174 valence electrons. The highest BCUT2D eigenvalue weighted by Gasteiger charge is 2.46. The van der Waals surface area contributed by atoms with E-state index in [4.69, 9.17) is 9.90 Å². The summed E-state index contributed by atoms with van der Waals surface area (Å²) in [5, 5.41) is 6.89. The molecular weight excluding hydrogens is 412 g/mol. The van der Waals surface area contributed by atoms with Crippen molar-refractivity contribution in [2.75, 3.05) is 39.3 Å². The molecule has 5 rings (SSSR count). The van der Waals surface area contributed by atoms with Crippen molar-refractivity contribution in [3.05, 3.63) is 34.2 Å². The number of fused-ring (bicyclic) bond motifs is 5. The summed E-state index contributed by atoms with van der Waals surface area (Å²) in [6.07, 6.45) is 4.20. The van der Waals surface area contributed by atoms with Gasteiger partial charge in [-0.3, -0.25) is 28.6 Å². The van der Waals surface area contributed by atoms with Crippen LogP contribution in [0.4, 0.5) is 0 Å². The first-order valence-electron chi connectivity index (χ1n) is 11.5. The van der Waals surface area contributed by atoms with Crippen molar-refractivity contribution in [3.63, 3.8) is 0 Å². The predicted molar refractivity (Wildman–Crippen MR) is 117 cm³/mol. The molecule has 4 aliphatic rings. The van der Waals surface area contributed by atoms with Gasteiger partial charge < -0.3 is 14.9 Å². The summed E-state index contributed by atoms with van der Waals surface area (Å²) in [6.45, 7) is 6.25. The van der Waals surface area contributed by atoms with Crippen molar-refractivity contribution in [3.8, 4) is 0 Å². The van der Waals surface area contributed by atoms with E-state index in [1.165, 1.54) is 6.42 Å². The number of amides is 2. The Labute approximate surface area is 187 Å². The Morgan fingerprint density at radius 1 is 1.06 bits per heavy atom. The molecule has 1 aromatic rings. The topological polar surface area (TPSA) is 103 Å². The fourth-order valence-electron chi connectivity index (χ4n) is 6.10. The predicted octanol–water partition coefficient (Wildman–Crippen LogP) is 0.753. The number of carboxylic acid groups (broad SMARTS) is 1. The van der Waals surface area contributed by atoms with Gasteiger partial charge in [-0.05, 0) is 38.3 Å². The highest BCUT2D eigenvalue weighted by molar-refractivity contribution is 5.82. The number of hydrogen-bond acceptors (Lipinski definition) is 5. The van der Waals surface area contributed by atoms with Gasteiger partial charge in [0.15, 0.2) is 0 Å². The highest BCUT2D eigenvalue weighted by Crippen LogP contribution is 2.42. The lowest BCUT2D eigenvalue weighted by molar-refractivity contribution is -0.141. The fourth-order valence-corrected chi connectivity index (χ4v) is 6.10. The summed E-state index contributed by atoms with van der Waals surface area (Å²) in [6, 6.07) is 5.27. The van der Waals surface area contributed by atoms with E-state index in [0.29, 0.717) is 19.1 Å². The number of carbonyl (C=O) groups excluding carboxylic acids is 2. The molecule has 4 atom stereocenters. The van der Waals surface area contributed by atoms with Crippen LogP contribution in [0.5, 0.6) is 0 Å². The van der Waals surface area contributed by atoms with Crippen LogP contribution in [0.25, 0.3) is 0 Å². The van der Waals surface area contributed by atoms with E-state index >= 15 is 0 Å². The molecule has 4 aliphatic heterocycles.